The molecule has 6 heteroatoms. The maximum absolute atomic E-state index is 12.8. The van der Waals surface area contributed by atoms with Crippen molar-refractivity contribution in [1.29, 1.82) is 0 Å². The van der Waals surface area contributed by atoms with Crippen LogP contribution in [0.3, 0.4) is 0 Å². The first-order valence-corrected chi connectivity index (χ1v) is 7.61. The average molecular weight is 358 g/mol. The number of benzene rings is 1. The molecule has 1 aromatic rings. The fourth-order valence-corrected chi connectivity index (χ4v) is 3.17. The van der Waals surface area contributed by atoms with E-state index in [-0.39, 0.29) is 18.1 Å². The van der Waals surface area contributed by atoms with Crippen molar-refractivity contribution in [3.63, 3.8) is 0 Å². The quantitative estimate of drug-likeness (QED) is 0.834. The topological polar surface area (TPSA) is 48.0 Å². The number of methoxy groups -OCH3 is 2. The largest absolute Gasteiger partial charge is 0.497 e. The van der Waals surface area contributed by atoms with Crippen molar-refractivity contribution in [3.8, 4) is 11.5 Å². The van der Waals surface area contributed by atoms with E-state index in [0.29, 0.717) is 34.6 Å². The molecule has 0 radical (unpaired) electrons. The SMILES string of the molecule is COc1cc(Br)c(OC)c(C(=O)N2CC(C)OC(C)C2)c1. The molecule has 1 fully saturated rings. The summed E-state index contributed by atoms with van der Waals surface area (Å²) in [6, 6.07) is 3.48. The van der Waals surface area contributed by atoms with E-state index in [1.165, 1.54) is 0 Å². The van der Waals surface area contributed by atoms with Crippen molar-refractivity contribution in [3.05, 3.63) is 22.2 Å². The first-order valence-electron chi connectivity index (χ1n) is 6.82. The number of hydrogen-bond acceptors (Lipinski definition) is 4. The van der Waals surface area contributed by atoms with Gasteiger partial charge in [-0.3, -0.25) is 4.79 Å². The van der Waals surface area contributed by atoms with Crippen molar-refractivity contribution in [2.24, 2.45) is 0 Å². The first-order chi connectivity index (χ1) is 9.96. The molecule has 2 rings (SSSR count). The molecular formula is C15H20BrNO4. The van der Waals surface area contributed by atoms with Gasteiger partial charge in [-0.2, -0.15) is 0 Å². The molecule has 2 unspecified atom stereocenters. The van der Waals surface area contributed by atoms with Gasteiger partial charge in [-0.25, -0.2) is 0 Å². The molecule has 0 aromatic heterocycles. The predicted molar refractivity (Wildman–Crippen MR) is 83.2 cm³/mol. The van der Waals surface area contributed by atoms with Crippen molar-refractivity contribution in [2.75, 3.05) is 27.3 Å². The minimum absolute atomic E-state index is 0.0257. The van der Waals surface area contributed by atoms with Gasteiger partial charge in [0.25, 0.3) is 5.91 Å². The van der Waals surface area contributed by atoms with Crippen LogP contribution in [0.15, 0.2) is 16.6 Å². The molecular weight excluding hydrogens is 338 g/mol. The summed E-state index contributed by atoms with van der Waals surface area (Å²) in [5.41, 5.74) is 0.491. The Morgan fingerprint density at radius 3 is 2.38 bits per heavy atom. The Balaban J connectivity index is 2.35. The van der Waals surface area contributed by atoms with Gasteiger partial charge < -0.3 is 19.1 Å². The third-order valence-corrected chi connectivity index (χ3v) is 3.98. The summed E-state index contributed by atoms with van der Waals surface area (Å²) in [7, 11) is 3.12. The molecule has 5 nitrogen and oxygen atoms in total. The zero-order chi connectivity index (χ0) is 15.6. The zero-order valence-corrected chi connectivity index (χ0v) is 14.3. The van der Waals surface area contributed by atoms with E-state index in [9.17, 15) is 4.79 Å². The molecule has 1 aliphatic heterocycles. The second kappa shape index (κ2) is 6.66. The molecule has 1 heterocycles. The van der Waals surface area contributed by atoms with Gasteiger partial charge in [0.15, 0.2) is 0 Å². The Bertz CT molecular complexity index is 525. The zero-order valence-electron chi connectivity index (χ0n) is 12.7. The summed E-state index contributed by atoms with van der Waals surface area (Å²) in [6.07, 6.45) is 0.0514. The Morgan fingerprint density at radius 2 is 1.86 bits per heavy atom. The first kappa shape index (κ1) is 16.1. The second-order valence-electron chi connectivity index (χ2n) is 5.16. The fourth-order valence-electron chi connectivity index (χ4n) is 2.57. The molecule has 0 N–H and O–H groups in total. The van der Waals surface area contributed by atoms with Gasteiger partial charge in [0, 0.05) is 13.1 Å². The molecule has 1 amide bonds. The Kier molecular flexibility index (Phi) is 5.11. The number of nitrogens with zero attached hydrogens (tertiary/aromatic N) is 1. The Labute approximate surface area is 133 Å². The van der Waals surface area contributed by atoms with Crippen molar-refractivity contribution < 1.29 is 19.0 Å². The molecule has 1 aromatic carbocycles. The van der Waals surface area contributed by atoms with Crippen LogP contribution in [0, 0.1) is 0 Å². The van der Waals surface area contributed by atoms with Crippen LogP contribution in [0.5, 0.6) is 11.5 Å². The van der Waals surface area contributed by atoms with Crippen molar-refractivity contribution in [1.82, 2.24) is 4.90 Å². The predicted octanol–water partition coefficient (Wildman–Crippen LogP) is 2.72. The van der Waals surface area contributed by atoms with E-state index < -0.39 is 0 Å². The second-order valence-corrected chi connectivity index (χ2v) is 6.01. The van der Waals surface area contributed by atoms with Crippen LogP contribution in [-0.2, 0) is 4.74 Å². The number of halogens is 1. The summed E-state index contributed by atoms with van der Waals surface area (Å²) >= 11 is 3.41. The van der Waals surface area contributed by atoms with E-state index >= 15 is 0 Å². The van der Waals surface area contributed by atoms with Crippen LogP contribution in [0.25, 0.3) is 0 Å². The number of carbonyl (C=O) groups is 1. The minimum Gasteiger partial charge on any atom is -0.497 e. The molecule has 1 saturated heterocycles. The smallest absolute Gasteiger partial charge is 0.257 e. The molecule has 21 heavy (non-hydrogen) atoms. The molecule has 1 aliphatic rings. The molecule has 116 valence electrons. The highest BCUT2D eigenvalue weighted by molar-refractivity contribution is 9.10. The van der Waals surface area contributed by atoms with E-state index in [1.54, 1.807) is 31.3 Å². The highest BCUT2D eigenvalue weighted by Crippen LogP contribution is 2.34. The number of carbonyl (C=O) groups excluding carboxylic acids is 1. The van der Waals surface area contributed by atoms with Crippen molar-refractivity contribution >= 4 is 21.8 Å². The van der Waals surface area contributed by atoms with E-state index in [2.05, 4.69) is 15.9 Å². The molecule has 0 aliphatic carbocycles. The standard InChI is InChI=1S/C15H20BrNO4/c1-9-7-17(8-10(2)21-9)15(18)12-5-11(19-3)6-13(16)14(12)20-4/h5-6,9-10H,7-8H2,1-4H3. The number of amides is 1. The average Bonchev–Trinajstić information content (AvgIpc) is 2.44. The maximum atomic E-state index is 12.8. The lowest BCUT2D eigenvalue weighted by atomic mass is 10.1. The van der Waals surface area contributed by atoms with Crippen LogP contribution in [0.2, 0.25) is 0 Å². The van der Waals surface area contributed by atoms with Crippen molar-refractivity contribution in [2.45, 2.75) is 26.1 Å². The minimum atomic E-state index is -0.0755. The summed E-state index contributed by atoms with van der Waals surface area (Å²) < 4.78 is 17.0. The van der Waals surface area contributed by atoms with Gasteiger partial charge in [-0.05, 0) is 41.9 Å². The highest BCUT2D eigenvalue weighted by Gasteiger charge is 2.29. The lowest BCUT2D eigenvalue weighted by molar-refractivity contribution is -0.0586. The molecule has 0 spiro atoms. The number of hydrogen-bond donors (Lipinski definition) is 0. The molecule has 0 saturated carbocycles. The van der Waals surface area contributed by atoms with Gasteiger partial charge in [0.05, 0.1) is 36.5 Å². The highest BCUT2D eigenvalue weighted by atomic mass is 79.9. The summed E-state index contributed by atoms with van der Waals surface area (Å²) in [6.45, 7) is 5.08. The normalized spacial score (nSPS) is 22.0. The van der Waals surface area contributed by atoms with E-state index in [1.807, 2.05) is 13.8 Å². The third kappa shape index (κ3) is 3.49. The van der Waals surface area contributed by atoms with E-state index in [0.717, 1.165) is 0 Å². The molecule has 0 bridgehead atoms. The van der Waals surface area contributed by atoms with Gasteiger partial charge in [0.2, 0.25) is 0 Å². The van der Waals surface area contributed by atoms with Gasteiger partial charge in [0.1, 0.15) is 11.5 Å². The van der Waals surface area contributed by atoms with Gasteiger partial charge in [-0.1, -0.05) is 0 Å². The Hall–Kier alpha value is -1.27. The van der Waals surface area contributed by atoms with Crippen LogP contribution in [0.1, 0.15) is 24.2 Å². The van der Waals surface area contributed by atoms with Crippen LogP contribution in [0.4, 0.5) is 0 Å². The summed E-state index contributed by atoms with van der Waals surface area (Å²) in [5.74, 6) is 1.06. The van der Waals surface area contributed by atoms with E-state index in [4.69, 9.17) is 14.2 Å². The Morgan fingerprint density at radius 1 is 1.24 bits per heavy atom. The summed E-state index contributed by atoms with van der Waals surface area (Å²) in [5, 5.41) is 0. The third-order valence-electron chi connectivity index (χ3n) is 3.39. The molecule has 2 atom stereocenters. The summed E-state index contributed by atoms with van der Waals surface area (Å²) in [4.78, 5) is 14.6. The monoisotopic (exact) mass is 357 g/mol. The number of rotatable bonds is 3. The lowest BCUT2D eigenvalue weighted by Gasteiger charge is -2.35. The van der Waals surface area contributed by atoms with Gasteiger partial charge >= 0.3 is 0 Å². The van der Waals surface area contributed by atoms with Crippen LogP contribution in [-0.4, -0.2) is 50.3 Å². The van der Waals surface area contributed by atoms with Gasteiger partial charge in [-0.15, -0.1) is 0 Å². The number of ether oxygens (including phenoxy) is 3. The maximum Gasteiger partial charge on any atom is 0.257 e. The fraction of sp³-hybridized carbons (Fsp3) is 0.533. The van der Waals surface area contributed by atoms with Crippen LogP contribution < -0.4 is 9.47 Å². The lowest BCUT2D eigenvalue weighted by Crippen LogP contribution is -2.48. The van der Waals surface area contributed by atoms with Crippen LogP contribution >= 0.6 is 15.9 Å². The number of morpholine rings is 1.